The number of aromatic nitrogens is 3. The molecule has 20 heavy (non-hydrogen) atoms. The first-order valence-corrected chi connectivity index (χ1v) is 7.43. The Morgan fingerprint density at radius 1 is 1.45 bits per heavy atom. The van der Waals surface area contributed by atoms with Crippen LogP contribution >= 0.6 is 0 Å². The minimum Gasteiger partial charge on any atom is -0.476 e. The minimum absolute atomic E-state index is 0.0103. The monoisotopic (exact) mass is 280 g/mol. The number of carboxylic acids is 1. The molecule has 0 bridgehead atoms. The molecule has 0 spiro atoms. The van der Waals surface area contributed by atoms with Crippen molar-refractivity contribution >= 4 is 5.97 Å². The molecule has 0 aliphatic heterocycles. The first-order chi connectivity index (χ1) is 9.60. The SMILES string of the molecule is CCC1CCC(N(C)CCn2cc(C(=O)O)nn2)CC1. The van der Waals surface area contributed by atoms with Crippen LogP contribution in [0.3, 0.4) is 0 Å². The fourth-order valence-corrected chi connectivity index (χ4v) is 2.94. The quantitative estimate of drug-likeness (QED) is 0.861. The van der Waals surface area contributed by atoms with Gasteiger partial charge in [0.25, 0.3) is 0 Å². The lowest BCUT2D eigenvalue weighted by molar-refractivity contribution is 0.0690. The van der Waals surface area contributed by atoms with Gasteiger partial charge in [0.05, 0.1) is 12.7 Å². The predicted octanol–water partition coefficient (Wildman–Crippen LogP) is 1.88. The zero-order valence-electron chi connectivity index (χ0n) is 12.3. The zero-order valence-corrected chi connectivity index (χ0v) is 12.3. The molecule has 1 fully saturated rings. The van der Waals surface area contributed by atoms with E-state index in [-0.39, 0.29) is 5.69 Å². The van der Waals surface area contributed by atoms with Gasteiger partial charge in [0.1, 0.15) is 0 Å². The molecule has 1 aliphatic rings. The second-order valence-electron chi connectivity index (χ2n) is 5.74. The van der Waals surface area contributed by atoms with Crippen LogP contribution in [0, 0.1) is 5.92 Å². The van der Waals surface area contributed by atoms with Crippen LogP contribution in [0.15, 0.2) is 6.20 Å². The van der Waals surface area contributed by atoms with Crippen LogP contribution in [-0.4, -0.2) is 50.6 Å². The number of rotatable bonds is 6. The summed E-state index contributed by atoms with van der Waals surface area (Å²) in [5.41, 5.74) is 0.0103. The van der Waals surface area contributed by atoms with Crippen LogP contribution in [0.25, 0.3) is 0 Å². The minimum atomic E-state index is -1.03. The Morgan fingerprint density at radius 3 is 2.70 bits per heavy atom. The van der Waals surface area contributed by atoms with Gasteiger partial charge in [0.2, 0.25) is 0 Å². The summed E-state index contributed by atoms with van der Waals surface area (Å²) in [6, 6.07) is 0.653. The summed E-state index contributed by atoms with van der Waals surface area (Å²) < 4.78 is 1.61. The third-order valence-corrected chi connectivity index (χ3v) is 4.46. The Hall–Kier alpha value is -1.43. The smallest absolute Gasteiger partial charge is 0.358 e. The van der Waals surface area contributed by atoms with Crippen molar-refractivity contribution in [1.29, 1.82) is 0 Å². The molecule has 0 aromatic carbocycles. The van der Waals surface area contributed by atoms with Gasteiger partial charge in [-0.05, 0) is 38.6 Å². The number of carboxylic acid groups (broad SMARTS) is 1. The van der Waals surface area contributed by atoms with E-state index >= 15 is 0 Å². The maximum absolute atomic E-state index is 10.7. The summed E-state index contributed by atoms with van der Waals surface area (Å²) in [7, 11) is 2.14. The van der Waals surface area contributed by atoms with Gasteiger partial charge in [-0.15, -0.1) is 5.10 Å². The topological polar surface area (TPSA) is 71.2 Å². The largest absolute Gasteiger partial charge is 0.476 e. The van der Waals surface area contributed by atoms with E-state index in [9.17, 15) is 4.79 Å². The van der Waals surface area contributed by atoms with E-state index in [4.69, 9.17) is 5.11 Å². The molecule has 0 saturated heterocycles. The highest BCUT2D eigenvalue weighted by atomic mass is 16.4. The molecule has 2 rings (SSSR count). The molecule has 0 amide bonds. The summed E-state index contributed by atoms with van der Waals surface area (Å²) in [6.07, 6.45) is 7.99. The van der Waals surface area contributed by atoms with E-state index < -0.39 is 5.97 Å². The van der Waals surface area contributed by atoms with E-state index in [2.05, 4.69) is 29.2 Å². The summed E-state index contributed by atoms with van der Waals surface area (Å²) >= 11 is 0. The normalized spacial score (nSPS) is 23.1. The molecule has 112 valence electrons. The first kappa shape index (κ1) is 15.0. The maximum Gasteiger partial charge on any atom is 0.358 e. The highest BCUT2D eigenvalue weighted by Crippen LogP contribution is 2.28. The molecule has 6 nitrogen and oxygen atoms in total. The van der Waals surface area contributed by atoms with Crippen LogP contribution < -0.4 is 0 Å². The molecule has 1 aliphatic carbocycles. The van der Waals surface area contributed by atoms with Crippen LogP contribution in [0.1, 0.15) is 49.5 Å². The van der Waals surface area contributed by atoms with Crippen molar-refractivity contribution in [2.45, 2.75) is 51.6 Å². The second-order valence-corrected chi connectivity index (χ2v) is 5.74. The third-order valence-electron chi connectivity index (χ3n) is 4.46. The van der Waals surface area contributed by atoms with Crippen molar-refractivity contribution in [3.63, 3.8) is 0 Å². The summed E-state index contributed by atoms with van der Waals surface area (Å²) in [5, 5.41) is 16.3. The summed E-state index contributed by atoms with van der Waals surface area (Å²) in [4.78, 5) is 13.1. The lowest BCUT2D eigenvalue weighted by Crippen LogP contribution is -2.37. The fraction of sp³-hybridized carbons (Fsp3) is 0.786. The van der Waals surface area contributed by atoms with Crippen molar-refractivity contribution in [2.75, 3.05) is 13.6 Å². The number of aromatic carboxylic acids is 1. The Bertz CT molecular complexity index is 438. The molecule has 1 aromatic rings. The van der Waals surface area contributed by atoms with E-state index in [1.165, 1.54) is 38.3 Å². The molecule has 1 N–H and O–H groups in total. The van der Waals surface area contributed by atoms with Crippen LogP contribution in [0.2, 0.25) is 0 Å². The summed E-state index contributed by atoms with van der Waals surface area (Å²) in [6.45, 7) is 3.84. The van der Waals surface area contributed by atoms with Gasteiger partial charge in [-0.2, -0.15) is 0 Å². The molecular weight excluding hydrogens is 256 g/mol. The average molecular weight is 280 g/mol. The van der Waals surface area contributed by atoms with Gasteiger partial charge < -0.3 is 10.0 Å². The Morgan fingerprint density at radius 2 is 2.15 bits per heavy atom. The van der Waals surface area contributed by atoms with E-state index in [0.29, 0.717) is 12.6 Å². The Labute approximate surface area is 119 Å². The van der Waals surface area contributed by atoms with Crippen LogP contribution in [0.4, 0.5) is 0 Å². The fourth-order valence-electron chi connectivity index (χ4n) is 2.94. The van der Waals surface area contributed by atoms with Crippen molar-refractivity contribution in [3.8, 4) is 0 Å². The third kappa shape index (κ3) is 3.79. The van der Waals surface area contributed by atoms with Crippen LogP contribution in [-0.2, 0) is 6.54 Å². The van der Waals surface area contributed by atoms with Gasteiger partial charge in [0.15, 0.2) is 5.69 Å². The average Bonchev–Trinajstić information content (AvgIpc) is 2.94. The number of nitrogens with zero attached hydrogens (tertiary/aromatic N) is 4. The number of likely N-dealkylation sites (N-methyl/N-ethyl adjacent to an activating group) is 1. The van der Waals surface area contributed by atoms with Crippen molar-refractivity contribution in [1.82, 2.24) is 19.9 Å². The number of hydrogen-bond donors (Lipinski definition) is 1. The van der Waals surface area contributed by atoms with E-state index in [0.717, 1.165) is 12.5 Å². The van der Waals surface area contributed by atoms with Gasteiger partial charge in [-0.1, -0.05) is 18.6 Å². The Balaban J connectivity index is 1.77. The molecule has 0 unspecified atom stereocenters. The molecule has 6 heteroatoms. The number of hydrogen-bond acceptors (Lipinski definition) is 4. The molecule has 1 aromatic heterocycles. The van der Waals surface area contributed by atoms with Crippen molar-refractivity contribution in [2.24, 2.45) is 5.92 Å². The lowest BCUT2D eigenvalue weighted by atomic mass is 9.84. The molecule has 1 heterocycles. The summed E-state index contributed by atoms with van der Waals surface area (Å²) in [5.74, 6) is -0.115. The van der Waals surface area contributed by atoms with Gasteiger partial charge in [-0.3, -0.25) is 4.68 Å². The first-order valence-electron chi connectivity index (χ1n) is 7.43. The maximum atomic E-state index is 10.7. The zero-order chi connectivity index (χ0) is 14.5. The standard InChI is InChI=1S/C14H24N4O2/c1-3-11-4-6-12(7-5-11)17(2)8-9-18-10-13(14(19)20)15-16-18/h10-12H,3-9H2,1-2H3,(H,19,20). The lowest BCUT2D eigenvalue weighted by Gasteiger charge is -2.34. The van der Waals surface area contributed by atoms with Gasteiger partial charge in [0, 0.05) is 12.6 Å². The second kappa shape index (κ2) is 6.83. The molecule has 0 radical (unpaired) electrons. The van der Waals surface area contributed by atoms with Crippen LogP contribution in [0.5, 0.6) is 0 Å². The predicted molar refractivity (Wildman–Crippen MR) is 75.6 cm³/mol. The highest BCUT2D eigenvalue weighted by Gasteiger charge is 2.22. The Kier molecular flexibility index (Phi) is 5.11. The van der Waals surface area contributed by atoms with Crippen molar-refractivity contribution in [3.05, 3.63) is 11.9 Å². The molecule has 1 saturated carbocycles. The van der Waals surface area contributed by atoms with Gasteiger partial charge >= 0.3 is 5.97 Å². The van der Waals surface area contributed by atoms with Crippen molar-refractivity contribution < 1.29 is 9.90 Å². The van der Waals surface area contributed by atoms with E-state index in [1.807, 2.05) is 0 Å². The molecule has 0 atom stereocenters. The van der Waals surface area contributed by atoms with E-state index in [1.54, 1.807) is 4.68 Å². The van der Waals surface area contributed by atoms with Gasteiger partial charge in [-0.25, -0.2) is 4.79 Å². The highest BCUT2D eigenvalue weighted by molar-refractivity contribution is 5.84. The molecular formula is C14H24N4O2. The number of carbonyl (C=O) groups is 1.